The van der Waals surface area contributed by atoms with Crippen LogP contribution in [0.1, 0.15) is 22.6 Å². The first kappa shape index (κ1) is 13.5. The first-order valence-electron chi connectivity index (χ1n) is 6.64. The second-order valence-corrected chi connectivity index (χ2v) is 5.56. The molecule has 0 radical (unpaired) electrons. The average Bonchev–Trinajstić information content (AvgIpc) is 2.48. The van der Waals surface area contributed by atoms with Crippen molar-refractivity contribution in [1.29, 1.82) is 0 Å². The van der Waals surface area contributed by atoms with E-state index in [9.17, 15) is 0 Å². The minimum absolute atomic E-state index is 0.739. The molecule has 2 aromatic rings. The van der Waals surface area contributed by atoms with Crippen molar-refractivity contribution < 1.29 is 4.74 Å². The summed E-state index contributed by atoms with van der Waals surface area (Å²) in [6.07, 6.45) is 1.70. The number of halogens is 1. The molecule has 0 fully saturated rings. The Bertz CT molecular complexity index is 613. The van der Waals surface area contributed by atoms with Gasteiger partial charge in [0.05, 0.1) is 12.8 Å². The van der Waals surface area contributed by atoms with Crippen molar-refractivity contribution in [3.63, 3.8) is 0 Å². The molecule has 104 valence electrons. The predicted molar refractivity (Wildman–Crippen MR) is 80.9 cm³/mol. The predicted octanol–water partition coefficient (Wildman–Crippen LogP) is 2.48. The topological polar surface area (TPSA) is 47.0 Å². The van der Waals surface area contributed by atoms with Crippen LogP contribution in [-0.4, -0.2) is 23.6 Å². The number of nitrogens with zero attached hydrogens (tertiary/aromatic N) is 2. The molecule has 1 aliphatic rings. The first-order chi connectivity index (χ1) is 9.76. The van der Waals surface area contributed by atoms with Crippen molar-refractivity contribution in [3.05, 3.63) is 51.5 Å². The summed E-state index contributed by atoms with van der Waals surface area (Å²) in [4.78, 5) is 9.26. The summed E-state index contributed by atoms with van der Waals surface area (Å²) < 4.78 is 6.08. The largest absolute Gasteiger partial charge is 0.497 e. The zero-order valence-electron chi connectivity index (χ0n) is 11.3. The number of aromatic nitrogens is 2. The van der Waals surface area contributed by atoms with E-state index in [1.54, 1.807) is 7.11 Å². The fraction of sp³-hybridized carbons (Fsp3) is 0.333. The lowest BCUT2D eigenvalue weighted by molar-refractivity contribution is 0.414. The fourth-order valence-electron chi connectivity index (χ4n) is 2.36. The monoisotopic (exact) mass is 333 g/mol. The van der Waals surface area contributed by atoms with E-state index in [4.69, 9.17) is 9.72 Å². The van der Waals surface area contributed by atoms with E-state index in [1.807, 2.05) is 12.1 Å². The van der Waals surface area contributed by atoms with Gasteiger partial charge in [-0.2, -0.15) is 0 Å². The maximum atomic E-state index is 5.17. The van der Waals surface area contributed by atoms with E-state index in [1.165, 1.54) is 11.1 Å². The summed E-state index contributed by atoms with van der Waals surface area (Å²) in [6, 6.07) is 8.04. The van der Waals surface area contributed by atoms with Gasteiger partial charge < -0.3 is 10.1 Å². The van der Waals surface area contributed by atoms with Crippen LogP contribution >= 0.6 is 15.9 Å². The van der Waals surface area contributed by atoms with Crippen molar-refractivity contribution in [2.24, 2.45) is 0 Å². The highest BCUT2D eigenvalue weighted by molar-refractivity contribution is 9.10. The van der Waals surface area contributed by atoms with Crippen molar-refractivity contribution in [1.82, 2.24) is 15.3 Å². The molecule has 0 aliphatic carbocycles. The van der Waals surface area contributed by atoms with E-state index in [0.717, 1.165) is 47.8 Å². The van der Waals surface area contributed by atoms with Gasteiger partial charge in [-0.05, 0) is 33.6 Å². The zero-order chi connectivity index (χ0) is 13.9. The van der Waals surface area contributed by atoms with Gasteiger partial charge in [0.15, 0.2) is 0 Å². The molecule has 20 heavy (non-hydrogen) atoms. The molecule has 4 nitrogen and oxygen atoms in total. The Morgan fingerprint density at radius 1 is 1.25 bits per heavy atom. The summed E-state index contributed by atoms with van der Waals surface area (Å²) in [5.74, 6) is 1.73. The number of benzene rings is 1. The maximum Gasteiger partial charge on any atom is 0.134 e. The van der Waals surface area contributed by atoms with Crippen LogP contribution in [0, 0.1) is 0 Å². The van der Waals surface area contributed by atoms with Crippen LogP contribution in [0.15, 0.2) is 28.9 Å². The molecule has 0 bridgehead atoms. The third kappa shape index (κ3) is 2.83. The standard InChI is InChI=1S/C15H16BrN3O/c1-20-11-4-2-10(3-5-11)8-14-18-13-6-7-17-9-12(13)15(16)19-14/h2-5,17H,6-9H2,1H3. The Hall–Kier alpha value is -1.46. The fourth-order valence-corrected chi connectivity index (χ4v) is 2.93. The molecule has 0 atom stereocenters. The average molecular weight is 334 g/mol. The molecule has 1 N–H and O–H groups in total. The highest BCUT2D eigenvalue weighted by atomic mass is 79.9. The molecule has 0 spiro atoms. The summed E-state index contributed by atoms with van der Waals surface area (Å²) in [5, 5.41) is 3.34. The van der Waals surface area contributed by atoms with Gasteiger partial charge >= 0.3 is 0 Å². The van der Waals surface area contributed by atoms with Gasteiger partial charge in [0, 0.05) is 31.5 Å². The third-order valence-corrected chi connectivity index (χ3v) is 4.11. The molecule has 1 aliphatic heterocycles. The molecule has 1 aromatic heterocycles. The van der Waals surface area contributed by atoms with Crippen molar-refractivity contribution in [3.8, 4) is 5.75 Å². The second kappa shape index (κ2) is 5.89. The summed E-state index contributed by atoms with van der Waals surface area (Å²) in [6.45, 7) is 1.83. The zero-order valence-corrected chi connectivity index (χ0v) is 12.9. The van der Waals surface area contributed by atoms with Gasteiger partial charge in [-0.3, -0.25) is 0 Å². The number of nitrogens with one attached hydrogen (secondary N) is 1. The van der Waals surface area contributed by atoms with E-state index in [0.29, 0.717) is 0 Å². The molecule has 1 aromatic carbocycles. The Morgan fingerprint density at radius 3 is 2.80 bits per heavy atom. The minimum atomic E-state index is 0.739. The molecule has 0 saturated carbocycles. The van der Waals surface area contributed by atoms with Gasteiger partial charge in [-0.1, -0.05) is 12.1 Å². The van der Waals surface area contributed by atoms with Crippen LogP contribution < -0.4 is 10.1 Å². The Kier molecular flexibility index (Phi) is 3.98. The lowest BCUT2D eigenvalue weighted by Gasteiger charge is -2.17. The first-order valence-corrected chi connectivity index (χ1v) is 7.43. The number of rotatable bonds is 3. The lowest BCUT2D eigenvalue weighted by atomic mass is 10.1. The highest BCUT2D eigenvalue weighted by Crippen LogP contribution is 2.21. The second-order valence-electron chi connectivity index (χ2n) is 4.81. The normalized spacial score (nSPS) is 13.9. The van der Waals surface area contributed by atoms with Crippen LogP contribution in [0.2, 0.25) is 0 Å². The molecular formula is C15H16BrN3O. The quantitative estimate of drug-likeness (QED) is 0.876. The number of ether oxygens (including phenoxy) is 1. The number of fused-ring (bicyclic) bond motifs is 1. The van der Waals surface area contributed by atoms with Gasteiger partial charge in [-0.25, -0.2) is 9.97 Å². The number of hydrogen-bond acceptors (Lipinski definition) is 4. The number of methoxy groups -OCH3 is 1. The Labute approximate surface area is 126 Å². The van der Waals surface area contributed by atoms with Gasteiger partial charge in [0.25, 0.3) is 0 Å². The molecule has 0 unspecified atom stereocenters. The third-order valence-electron chi connectivity index (χ3n) is 3.45. The van der Waals surface area contributed by atoms with Crippen molar-refractivity contribution >= 4 is 15.9 Å². The van der Waals surface area contributed by atoms with Crippen molar-refractivity contribution in [2.75, 3.05) is 13.7 Å². The van der Waals surface area contributed by atoms with Gasteiger partial charge in [0.2, 0.25) is 0 Å². The summed E-state index contributed by atoms with van der Waals surface area (Å²) in [5.41, 5.74) is 3.54. The van der Waals surface area contributed by atoms with E-state index in [2.05, 4.69) is 38.4 Å². The number of hydrogen-bond donors (Lipinski definition) is 1. The molecule has 2 heterocycles. The molecule has 0 saturated heterocycles. The van der Waals surface area contributed by atoms with E-state index >= 15 is 0 Å². The van der Waals surface area contributed by atoms with Gasteiger partial charge in [0.1, 0.15) is 16.2 Å². The summed E-state index contributed by atoms with van der Waals surface area (Å²) in [7, 11) is 1.67. The summed E-state index contributed by atoms with van der Waals surface area (Å²) >= 11 is 3.56. The molecule has 0 amide bonds. The minimum Gasteiger partial charge on any atom is -0.497 e. The van der Waals surface area contributed by atoms with E-state index < -0.39 is 0 Å². The molecule has 5 heteroatoms. The van der Waals surface area contributed by atoms with Crippen LogP contribution in [0.25, 0.3) is 0 Å². The van der Waals surface area contributed by atoms with Crippen LogP contribution in [0.4, 0.5) is 0 Å². The SMILES string of the molecule is COc1ccc(Cc2nc(Br)c3c(n2)CCNC3)cc1. The Balaban J connectivity index is 1.85. The highest BCUT2D eigenvalue weighted by Gasteiger charge is 2.16. The molecule has 3 rings (SSSR count). The molecular weight excluding hydrogens is 318 g/mol. The Morgan fingerprint density at radius 2 is 2.05 bits per heavy atom. The van der Waals surface area contributed by atoms with Crippen LogP contribution in [0.3, 0.4) is 0 Å². The maximum absolute atomic E-state index is 5.17. The van der Waals surface area contributed by atoms with Crippen molar-refractivity contribution in [2.45, 2.75) is 19.4 Å². The van der Waals surface area contributed by atoms with Gasteiger partial charge in [-0.15, -0.1) is 0 Å². The van der Waals surface area contributed by atoms with E-state index in [-0.39, 0.29) is 0 Å². The lowest BCUT2D eigenvalue weighted by Crippen LogP contribution is -2.26. The smallest absolute Gasteiger partial charge is 0.134 e. The van der Waals surface area contributed by atoms with Crippen LogP contribution in [-0.2, 0) is 19.4 Å². The van der Waals surface area contributed by atoms with Crippen LogP contribution in [0.5, 0.6) is 5.75 Å².